The second-order valence-electron chi connectivity index (χ2n) is 12.6. The summed E-state index contributed by atoms with van der Waals surface area (Å²) in [4.78, 5) is 43.7. The zero-order valence-electron chi connectivity index (χ0n) is 27.2. The molecule has 0 spiro atoms. The van der Waals surface area contributed by atoms with Crippen LogP contribution in [0.2, 0.25) is 0 Å². The van der Waals surface area contributed by atoms with Crippen molar-refractivity contribution >= 4 is 34.4 Å². The fraction of sp³-hybridized carbons (Fsp3) is 0.342. The molecule has 4 aromatic carbocycles. The summed E-state index contributed by atoms with van der Waals surface area (Å²) in [5.41, 5.74) is 3.40. The highest BCUT2D eigenvalue weighted by molar-refractivity contribution is 6.00. The Morgan fingerprint density at radius 1 is 0.844 bits per heavy atom. The van der Waals surface area contributed by atoms with Gasteiger partial charge in [0.15, 0.2) is 0 Å². The lowest BCUT2D eigenvalue weighted by atomic mass is 9.95. The van der Waals surface area contributed by atoms with Gasteiger partial charge in [0.25, 0.3) is 5.91 Å². The van der Waals surface area contributed by atoms with Gasteiger partial charge < -0.3 is 20.3 Å². The molecular weight excluding hydrogens is 562 g/mol. The number of amides is 3. The molecule has 0 radical (unpaired) electrons. The van der Waals surface area contributed by atoms with Gasteiger partial charge in [0.1, 0.15) is 17.7 Å². The molecule has 0 fully saturated rings. The van der Waals surface area contributed by atoms with Gasteiger partial charge in [-0.25, -0.2) is 4.79 Å². The van der Waals surface area contributed by atoms with E-state index in [2.05, 4.69) is 10.6 Å². The molecule has 0 saturated heterocycles. The van der Waals surface area contributed by atoms with Crippen molar-refractivity contribution < 1.29 is 19.1 Å². The summed E-state index contributed by atoms with van der Waals surface area (Å²) in [6.07, 6.45) is 1.06. The van der Waals surface area contributed by atoms with Gasteiger partial charge in [0.2, 0.25) is 5.91 Å². The van der Waals surface area contributed by atoms with E-state index in [-0.39, 0.29) is 18.2 Å². The third-order valence-corrected chi connectivity index (χ3v) is 7.61. The minimum Gasteiger partial charge on any atom is -0.444 e. The van der Waals surface area contributed by atoms with Crippen LogP contribution in [0, 0.1) is 13.8 Å². The monoisotopic (exact) mass is 607 g/mol. The van der Waals surface area contributed by atoms with Crippen molar-refractivity contribution in [2.24, 2.45) is 0 Å². The molecule has 0 heterocycles. The average Bonchev–Trinajstić information content (AvgIpc) is 2.99. The Morgan fingerprint density at radius 3 is 2.22 bits per heavy atom. The van der Waals surface area contributed by atoms with Gasteiger partial charge in [-0.2, -0.15) is 0 Å². The number of aryl methyl sites for hydroxylation is 2. The molecule has 2 atom stereocenters. The molecule has 45 heavy (non-hydrogen) atoms. The average molecular weight is 608 g/mol. The molecule has 0 aliphatic rings. The highest BCUT2D eigenvalue weighted by Crippen LogP contribution is 2.29. The molecule has 0 aromatic heterocycles. The Morgan fingerprint density at radius 2 is 1.53 bits per heavy atom. The van der Waals surface area contributed by atoms with Crippen LogP contribution in [0.4, 0.5) is 10.5 Å². The second kappa shape index (κ2) is 14.9. The van der Waals surface area contributed by atoms with E-state index in [9.17, 15) is 14.4 Å². The predicted octanol–water partition coefficient (Wildman–Crippen LogP) is 7.90. The molecule has 4 aromatic rings. The standard InChI is InChI=1S/C38H45N3O4/c1-7-8-22-41(36(43)33(24-28-14-10-9-11-15-28)40-37(44)45-38(4,5)6)34(32-23-26(2)18-19-27(32)3)35(42)39-31-21-20-29-16-12-13-17-30(29)25-31/h9-21,23,25,33-34H,7-8,22,24H2,1-6H3,(H,39,42)(H,40,44). The number of anilines is 1. The number of carbonyl (C=O) groups excluding carboxylic acids is 3. The zero-order valence-corrected chi connectivity index (χ0v) is 27.2. The largest absolute Gasteiger partial charge is 0.444 e. The van der Waals surface area contributed by atoms with Crippen molar-refractivity contribution in [2.45, 2.75) is 78.5 Å². The lowest BCUT2D eigenvalue weighted by Gasteiger charge is -2.35. The fourth-order valence-electron chi connectivity index (χ4n) is 5.38. The fourth-order valence-corrected chi connectivity index (χ4v) is 5.38. The Bertz CT molecular complexity index is 1630. The smallest absolute Gasteiger partial charge is 0.408 e. The van der Waals surface area contributed by atoms with E-state index in [0.29, 0.717) is 18.7 Å². The quantitative estimate of drug-likeness (QED) is 0.181. The van der Waals surface area contributed by atoms with Crippen molar-refractivity contribution in [3.63, 3.8) is 0 Å². The summed E-state index contributed by atoms with van der Waals surface area (Å²) in [6.45, 7) is 11.6. The number of rotatable bonds is 11. The van der Waals surface area contributed by atoms with E-state index in [0.717, 1.165) is 39.4 Å². The topological polar surface area (TPSA) is 87.7 Å². The van der Waals surface area contributed by atoms with Crippen molar-refractivity contribution in [3.8, 4) is 0 Å². The van der Waals surface area contributed by atoms with Crippen LogP contribution in [-0.4, -0.2) is 41.0 Å². The maximum Gasteiger partial charge on any atom is 0.408 e. The molecule has 236 valence electrons. The Balaban J connectivity index is 1.77. The first-order valence-corrected chi connectivity index (χ1v) is 15.7. The second-order valence-corrected chi connectivity index (χ2v) is 12.6. The van der Waals surface area contributed by atoms with Gasteiger partial charge in [-0.3, -0.25) is 9.59 Å². The summed E-state index contributed by atoms with van der Waals surface area (Å²) in [7, 11) is 0. The third-order valence-electron chi connectivity index (χ3n) is 7.61. The van der Waals surface area contributed by atoms with E-state index in [4.69, 9.17) is 4.74 Å². The lowest BCUT2D eigenvalue weighted by Crippen LogP contribution is -2.53. The highest BCUT2D eigenvalue weighted by Gasteiger charge is 2.37. The molecule has 0 saturated carbocycles. The summed E-state index contributed by atoms with van der Waals surface area (Å²) in [5.74, 6) is -0.670. The first kappa shape index (κ1) is 33.2. The van der Waals surface area contributed by atoms with Crippen LogP contribution in [0.3, 0.4) is 0 Å². The van der Waals surface area contributed by atoms with Crippen molar-refractivity contribution in [1.82, 2.24) is 10.2 Å². The van der Waals surface area contributed by atoms with Crippen LogP contribution in [0.5, 0.6) is 0 Å². The van der Waals surface area contributed by atoms with Crippen molar-refractivity contribution in [1.29, 1.82) is 0 Å². The number of hydrogen-bond donors (Lipinski definition) is 2. The van der Waals surface area contributed by atoms with Gasteiger partial charge in [-0.15, -0.1) is 0 Å². The van der Waals surface area contributed by atoms with Crippen LogP contribution in [0.25, 0.3) is 10.8 Å². The van der Waals surface area contributed by atoms with Gasteiger partial charge in [0, 0.05) is 18.7 Å². The number of nitrogens with zero attached hydrogens (tertiary/aromatic N) is 1. The van der Waals surface area contributed by atoms with Crippen LogP contribution < -0.4 is 10.6 Å². The lowest BCUT2D eigenvalue weighted by molar-refractivity contribution is -0.140. The first-order chi connectivity index (χ1) is 21.4. The maximum atomic E-state index is 14.7. The normalized spacial score (nSPS) is 12.7. The zero-order chi connectivity index (χ0) is 32.6. The number of fused-ring (bicyclic) bond motifs is 1. The summed E-state index contributed by atoms with van der Waals surface area (Å²) < 4.78 is 5.56. The van der Waals surface area contributed by atoms with E-state index >= 15 is 0 Å². The Hall–Kier alpha value is -4.65. The van der Waals surface area contributed by atoms with Crippen LogP contribution >= 0.6 is 0 Å². The number of carbonyl (C=O) groups is 3. The van der Waals surface area contributed by atoms with E-state index in [1.54, 1.807) is 25.7 Å². The number of hydrogen-bond acceptors (Lipinski definition) is 4. The molecule has 0 aliphatic heterocycles. The van der Waals surface area contributed by atoms with Crippen molar-refractivity contribution in [3.05, 3.63) is 113 Å². The SMILES string of the molecule is CCCCN(C(=O)C(Cc1ccccc1)NC(=O)OC(C)(C)C)C(C(=O)Nc1ccc2ccccc2c1)c1cc(C)ccc1C. The maximum absolute atomic E-state index is 14.7. The molecule has 7 heteroatoms. The minimum absolute atomic E-state index is 0.243. The molecular formula is C38H45N3O4. The molecule has 0 bridgehead atoms. The van der Waals surface area contributed by atoms with Gasteiger partial charge in [-0.05, 0) is 80.6 Å². The number of benzene rings is 4. The van der Waals surface area contributed by atoms with E-state index in [1.807, 2.05) is 112 Å². The molecule has 3 amide bonds. The van der Waals surface area contributed by atoms with Gasteiger partial charge >= 0.3 is 6.09 Å². The number of ether oxygens (including phenoxy) is 1. The number of alkyl carbamates (subject to hydrolysis) is 1. The van der Waals surface area contributed by atoms with E-state index < -0.39 is 23.8 Å². The third kappa shape index (κ3) is 9.17. The van der Waals surface area contributed by atoms with Crippen LogP contribution in [0.1, 0.15) is 68.8 Å². The molecule has 2 unspecified atom stereocenters. The predicted molar refractivity (Wildman–Crippen MR) is 181 cm³/mol. The van der Waals surface area contributed by atoms with Crippen LogP contribution in [-0.2, 0) is 20.7 Å². The first-order valence-electron chi connectivity index (χ1n) is 15.7. The van der Waals surface area contributed by atoms with Gasteiger partial charge in [-0.1, -0.05) is 97.8 Å². The number of nitrogens with one attached hydrogen (secondary N) is 2. The summed E-state index contributed by atoms with van der Waals surface area (Å²) >= 11 is 0. The molecule has 7 nitrogen and oxygen atoms in total. The Kier molecular flexibility index (Phi) is 11.0. The Labute approximate surface area is 267 Å². The summed E-state index contributed by atoms with van der Waals surface area (Å²) in [6, 6.07) is 27.3. The van der Waals surface area contributed by atoms with E-state index in [1.165, 1.54) is 0 Å². The molecule has 2 N–H and O–H groups in total. The minimum atomic E-state index is -0.958. The van der Waals surface area contributed by atoms with Gasteiger partial charge in [0.05, 0.1) is 0 Å². The molecule has 0 aliphatic carbocycles. The highest BCUT2D eigenvalue weighted by atomic mass is 16.6. The van der Waals surface area contributed by atoms with Crippen LogP contribution in [0.15, 0.2) is 91.0 Å². The number of unbranched alkanes of at least 4 members (excludes halogenated alkanes) is 1. The van der Waals surface area contributed by atoms with Crippen molar-refractivity contribution in [2.75, 3.05) is 11.9 Å². The summed E-state index contributed by atoms with van der Waals surface area (Å²) in [5, 5.41) is 8.01. The molecule has 4 rings (SSSR count).